The monoisotopic (exact) mass is 172 g/mol. The fourth-order valence-electron chi connectivity index (χ4n) is 1.44. The number of carbonyl (C=O) groups excluding carboxylic acids is 1. The molecule has 1 aliphatic heterocycles. The summed E-state index contributed by atoms with van der Waals surface area (Å²) in [6.07, 6.45) is 3.51. The molecule has 3 nitrogen and oxygen atoms in total. The van der Waals surface area contributed by atoms with Crippen molar-refractivity contribution in [1.82, 2.24) is 0 Å². The summed E-state index contributed by atoms with van der Waals surface area (Å²) in [4.78, 5) is 10.7. The van der Waals surface area contributed by atoms with Gasteiger partial charge in [-0.15, -0.1) is 0 Å². The zero-order chi connectivity index (χ0) is 8.97. The smallest absolute Gasteiger partial charge is 0.308 e. The maximum Gasteiger partial charge on any atom is 0.308 e. The maximum absolute atomic E-state index is 10.7. The Morgan fingerprint density at radius 2 is 2.33 bits per heavy atom. The van der Waals surface area contributed by atoms with E-state index in [1.165, 1.54) is 0 Å². The van der Waals surface area contributed by atoms with Crippen LogP contribution in [0.4, 0.5) is 0 Å². The average molecular weight is 172 g/mol. The second-order valence-corrected chi connectivity index (χ2v) is 3.30. The van der Waals surface area contributed by atoms with Gasteiger partial charge < -0.3 is 9.84 Å². The molecule has 0 saturated carbocycles. The highest BCUT2D eigenvalue weighted by Crippen LogP contribution is 2.19. The first kappa shape index (κ1) is 9.52. The van der Waals surface area contributed by atoms with E-state index in [1.807, 2.05) is 0 Å². The Hall–Kier alpha value is -0.570. The summed E-state index contributed by atoms with van der Waals surface area (Å²) in [5.41, 5.74) is 0. The summed E-state index contributed by atoms with van der Waals surface area (Å²) in [5, 5.41) is 9.31. The number of aliphatic hydroxyl groups excluding tert-OH is 1. The first-order valence-electron chi connectivity index (χ1n) is 4.61. The fraction of sp³-hybridized carbons (Fsp3) is 0.889. The summed E-state index contributed by atoms with van der Waals surface area (Å²) >= 11 is 0. The van der Waals surface area contributed by atoms with Crippen molar-refractivity contribution >= 4 is 5.97 Å². The van der Waals surface area contributed by atoms with Gasteiger partial charge in [-0.1, -0.05) is 19.8 Å². The first-order chi connectivity index (χ1) is 5.74. The molecule has 1 saturated heterocycles. The lowest BCUT2D eigenvalue weighted by atomic mass is 10.1. The van der Waals surface area contributed by atoms with Crippen molar-refractivity contribution in [2.75, 3.05) is 0 Å². The van der Waals surface area contributed by atoms with Crippen LogP contribution in [0.3, 0.4) is 0 Å². The van der Waals surface area contributed by atoms with Gasteiger partial charge in [0.1, 0.15) is 12.2 Å². The molecule has 1 rings (SSSR count). The van der Waals surface area contributed by atoms with Crippen LogP contribution < -0.4 is 0 Å². The van der Waals surface area contributed by atoms with Gasteiger partial charge in [0.2, 0.25) is 0 Å². The summed E-state index contributed by atoms with van der Waals surface area (Å²) in [6.45, 7) is 2.12. The molecule has 0 aliphatic carbocycles. The van der Waals surface area contributed by atoms with E-state index in [9.17, 15) is 9.90 Å². The van der Waals surface area contributed by atoms with Gasteiger partial charge in [-0.25, -0.2) is 0 Å². The van der Waals surface area contributed by atoms with Crippen molar-refractivity contribution in [3.05, 3.63) is 0 Å². The highest BCUT2D eigenvalue weighted by molar-refractivity contribution is 5.72. The molecule has 0 aromatic heterocycles. The molecular weight excluding hydrogens is 156 g/mol. The number of cyclic esters (lactones) is 1. The lowest BCUT2D eigenvalue weighted by Gasteiger charge is -2.11. The first-order valence-corrected chi connectivity index (χ1v) is 4.61. The molecule has 2 atom stereocenters. The van der Waals surface area contributed by atoms with Crippen LogP contribution >= 0.6 is 0 Å². The zero-order valence-electron chi connectivity index (χ0n) is 7.45. The molecule has 1 fully saturated rings. The van der Waals surface area contributed by atoms with Crippen molar-refractivity contribution in [2.24, 2.45) is 0 Å². The zero-order valence-corrected chi connectivity index (χ0v) is 7.45. The van der Waals surface area contributed by atoms with Gasteiger partial charge in [-0.2, -0.15) is 0 Å². The SMILES string of the molecule is CCCCC[C@H]1OC(=O)C[C@@H]1O. The van der Waals surface area contributed by atoms with Crippen molar-refractivity contribution < 1.29 is 14.6 Å². The van der Waals surface area contributed by atoms with Crippen molar-refractivity contribution in [1.29, 1.82) is 0 Å². The molecule has 3 heteroatoms. The highest BCUT2D eigenvalue weighted by Gasteiger charge is 2.32. The molecule has 1 N–H and O–H groups in total. The van der Waals surface area contributed by atoms with Gasteiger partial charge in [0.25, 0.3) is 0 Å². The second kappa shape index (κ2) is 4.45. The Labute approximate surface area is 72.7 Å². The van der Waals surface area contributed by atoms with E-state index < -0.39 is 6.10 Å². The largest absolute Gasteiger partial charge is 0.460 e. The van der Waals surface area contributed by atoms with E-state index in [1.54, 1.807) is 0 Å². The van der Waals surface area contributed by atoms with E-state index in [4.69, 9.17) is 4.74 Å². The van der Waals surface area contributed by atoms with Crippen LogP contribution in [0.25, 0.3) is 0 Å². The minimum absolute atomic E-state index is 0.177. The van der Waals surface area contributed by atoms with Crippen molar-refractivity contribution in [2.45, 2.75) is 51.2 Å². The van der Waals surface area contributed by atoms with Crippen LogP contribution in [0, 0.1) is 0 Å². The summed E-state index contributed by atoms with van der Waals surface area (Å²) in [6, 6.07) is 0. The number of esters is 1. The van der Waals surface area contributed by atoms with E-state index in [2.05, 4.69) is 6.92 Å². The summed E-state index contributed by atoms with van der Waals surface area (Å²) in [5.74, 6) is -0.260. The number of hydrogen-bond donors (Lipinski definition) is 1. The van der Waals surface area contributed by atoms with E-state index >= 15 is 0 Å². The molecule has 70 valence electrons. The number of ether oxygens (including phenoxy) is 1. The van der Waals surface area contributed by atoms with E-state index in [0.717, 1.165) is 25.7 Å². The Morgan fingerprint density at radius 3 is 2.83 bits per heavy atom. The summed E-state index contributed by atoms with van der Waals surface area (Å²) < 4.78 is 4.93. The maximum atomic E-state index is 10.7. The Bertz CT molecular complexity index is 156. The average Bonchev–Trinajstić information content (AvgIpc) is 2.31. The third-order valence-corrected chi connectivity index (χ3v) is 2.18. The minimum atomic E-state index is -0.561. The van der Waals surface area contributed by atoms with Crippen molar-refractivity contribution in [3.63, 3.8) is 0 Å². The third kappa shape index (κ3) is 2.48. The predicted octanol–water partition coefficient (Wildman–Crippen LogP) is 1.24. The predicted molar refractivity (Wildman–Crippen MR) is 44.6 cm³/mol. The van der Waals surface area contributed by atoms with Crippen LogP contribution in [0.5, 0.6) is 0 Å². The topological polar surface area (TPSA) is 46.5 Å². The van der Waals surface area contributed by atoms with E-state index in [0.29, 0.717) is 0 Å². The van der Waals surface area contributed by atoms with Gasteiger partial charge >= 0.3 is 5.97 Å². The number of rotatable bonds is 4. The molecule has 1 heterocycles. The molecule has 0 spiro atoms. The molecule has 0 aromatic rings. The van der Waals surface area contributed by atoms with Gasteiger partial charge in [-0.3, -0.25) is 4.79 Å². The third-order valence-electron chi connectivity index (χ3n) is 2.18. The lowest BCUT2D eigenvalue weighted by molar-refractivity contribution is -0.142. The van der Waals surface area contributed by atoms with Gasteiger partial charge in [0, 0.05) is 0 Å². The van der Waals surface area contributed by atoms with Gasteiger partial charge in [0.05, 0.1) is 6.42 Å². The van der Waals surface area contributed by atoms with Crippen LogP contribution in [0.15, 0.2) is 0 Å². The van der Waals surface area contributed by atoms with Crippen LogP contribution in [0.1, 0.15) is 39.0 Å². The molecule has 12 heavy (non-hydrogen) atoms. The van der Waals surface area contributed by atoms with Crippen LogP contribution in [0.2, 0.25) is 0 Å². The number of unbranched alkanes of at least 4 members (excludes halogenated alkanes) is 2. The Kier molecular flexibility index (Phi) is 3.53. The number of aliphatic hydroxyl groups is 1. The van der Waals surface area contributed by atoms with Gasteiger partial charge in [-0.05, 0) is 12.8 Å². The second-order valence-electron chi connectivity index (χ2n) is 3.30. The van der Waals surface area contributed by atoms with Crippen molar-refractivity contribution in [3.8, 4) is 0 Å². The van der Waals surface area contributed by atoms with E-state index in [-0.39, 0.29) is 18.5 Å². The fourth-order valence-corrected chi connectivity index (χ4v) is 1.44. The highest BCUT2D eigenvalue weighted by atomic mass is 16.6. The molecular formula is C9H16O3. The molecule has 1 aliphatic rings. The van der Waals surface area contributed by atoms with Crippen LogP contribution in [-0.4, -0.2) is 23.3 Å². The molecule has 0 unspecified atom stereocenters. The summed E-state index contributed by atoms with van der Waals surface area (Å²) in [7, 11) is 0. The molecule has 0 amide bonds. The molecule has 0 aromatic carbocycles. The Morgan fingerprint density at radius 1 is 1.58 bits per heavy atom. The number of hydrogen-bond acceptors (Lipinski definition) is 3. The number of carbonyl (C=O) groups is 1. The van der Waals surface area contributed by atoms with Crippen LogP contribution in [-0.2, 0) is 9.53 Å². The minimum Gasteiger partial charge on any atom is -0.460 e. The quantitative estimate of drug-likeness (QED) is 0.512. The molecule has 0 radical (unpaired) electrons. The lowest BCUT2D eigenvalue weighted by Crippen LogP contribution is -2.20. The molecule has 0 bridgehead atoms. The Balaban J connectivity index is 2.19. The van der Waals surface area contributed by atoms with Gasteiger partial charge in [0.15, 0.2) is 0 Å². The standard InChI is InChI=1S/C9H16O3/c1-2-3-4-5-8-7(10)6-9(11)12-8/h7-8,10H,2-6H2,1H3/t7-,8+/m0/s1. The normalized spacial score (nSPS) is 29.0.